The number of likely N-dealkylation sites (tertiary alicyclic amines) is 1. The van der Waals surface area contributed by atoms with Crippen LogP contribution in [0.4, 0.5) is 10.5 Å². The van der Waals surface area contributed by atoms with Gasteiger partial charge in [-0.25, -0.2) is 14.8 Å². The number of ether oxygens (including phenoxy) is 2. The molecule has 3 amide bonds. The quantitative estimate of drug-likeness (QED) is 0.298. The highest BCUT2D eigenvalue weighted by molar-refractivity contribution is 5.94. The molecule has 2 aromatic carbocycles. The van der Waals surface area contributed by atoms with E-state index in [1.807, 2.05) is 49.9 Å². The highest BCUT2D eigenvalue weighted by atomic mass is 16.7. The van der Waals surface area contributed by atoms with Crippen LogP contribution in [-0.2, 0) is 20.8 Å². The van der Waals surface area contributed by atoms with Gasteiger partial charge in [-0.3, -0.25) is 14.4 Å². The van der Waals surface area contributed by atoms with E-state index in [1.54, 1.807) is 48.7 Å². The third-order valence-electron chi connectivity index (χ3n) is 7.87. The van der Waals surface area contributed by atoms with E-state index in [4.69, 9.17) is 14.3 Å². The van der Waals surface area contributed by atoms with Crippen LogP contribution in [0.1, 0.15) is 62.4 Å². The second kappa shape index (κ2) is 13.6. The fraction of sp³-hybridized carbons (Fsp3) is 0.441. The molecule has 1 aromatic heterocycles. The van der Waals surface area contributed by atoms with E-state index < -0.39 is 5.60 Å². The number of hydrogen-bond donors (Lipinski definition) is 0. The third-order valence-corrected chi connectivity index (χ3v) is 7.87. The molecule has 1 aliphatic carbocycles. The molecule has 0 radical (unpaired) electrons. The summed E-state index contributed by atoms with van der Waals surface area (Å²) in [5, 5.41) is 1.25. The van der Waals surface area contributed by atoms with Crippen molar-refractivity contribution < 1.29 is 28.7 Å². The Balaban J connectivity index is 1.19. The maximum atomic E-state index is 13.6. The molecule has 0 bridgehead atoms. The summed E-state index contributed by atoms with van der Waals surface area (Å²) < 4.78 is 10.7. The van der Waals surface area contributed by atoms with Gasteiger partial charge in [0.05, 0.1) is 31.9 Å². The smallest absolute Gasteiger partial charge is 0.410 e. The average molecular weight is 616 g/mol. The Hall–Kier alpha value is -4.51. The van der Waals surface area contributed by atoms with Gasteiger partial charge in [0.25, 0.3) is 11.8 Å². The Bertz CT molecular complexity index is 1480. The van der Waals surface area contributed by atoms with Crippen LogP contribution in [0.5, 0.6) is 5.75 Å². The van der Waals surface area contributed by atoms with Gasteiger partial charge in [-0.1, -0.05) is 24.3 Å². The van der Waals surface area contributed by atoms with Crippen molar-refractivity contribution in [1.82, 2.24) is 19.8 Å². The van der Waals surface area contributed by atoms with Gasteiger partial charge >= 0.3 is 6.09 Å². The molecular weight excluding hydrogens is 574 g/mol. The summed E-state index contributed by atoms with van der Waals surface area (Å²) in [4.78, 5) is 57.1. The van der Waals surface area contributed by atoms with Crippen molar-refractivity contribution in [2.24, 2.45) is 0 Å². The van der Waals surface area contributed by atoms with Gasteiger partial charge in [0.1, 0.15) is 11.4 Å². The summed E-state index contributed by atoms with van der Waals surface area (Å²) in [5.74, 6) is 0.887. The molecule has 0 spiro atoms. The van der Waals surface area contributed by atoms with Gasteiger partial charge in [0.15, 0.2) is 5.82 Å². The first-order valence-corrected chi connectivity index (χ1v) is 15.3. The molecule has 2 fully saturated rings. The number of carbonyl (C=O) groups excluding carboxylic acids is 3. The van der Waals surface area contributed by atoms with Crippen LogP contribution >= 0.6 is 0 Å². The van der Waals surface area contributed by atoms with Crippen molar-refractivity contribution in [2.45, 2.75) is 70.6 Å². The monoisotopic (exact) mass is 615 g/mol. The van der Waals surface area contributed by atoms with Crippen LogP contribution in [-0.4, -0.2) is 82.7 Å². The third kappa shape index (κ3) is 7.96. The fourth-order valence-electron chi connectivity index (χ4n) is 5.46. The van der Waals surface area contributed by atoms with Gasteiger partial charge < -0.3 is 19.3 Å². The van der Waals surface area contributed by atoms with Gasteiger partial charge in [0, 0.05) is 43.1 Å². The molecule has 238 valence electrons. The van der Waals surface area contributed by atoms with Gasteiger partial charge in [-0.2, -0.15) is 5.06 Å². The SMILES string of the molecule is COc1ccc(N(OC)C(=O)Cc2ccc(-c3ncc(C(=O)N(C4CC4)C4CCN(C(=O)OC(C)(C)C)CC4)cn3)cc2)cc1. The standard InChI is InChI=1S/C34H41N5O6/c1-34(2,3)45-33(42)37-18-16-27(17-19-37)38(26-10-11-26)32(41)25-21-35-31(36-22-25)24-8-6-23(7-9-24)20-30(40)39(44-5)28-12-14-29(43-4)15-13-28/h6-9,12-15,21-22,26-27H,10-11,16-20H2,1-5H3. The molecular formula is C34H41N5O6. The second-order valence-corrected chi connectivity index (χ2v) is 12.4. The number of amides is 3. The molecule has 11 heteroatoms. The summed E-state index contributed by atoms with van der Waals surface area (Å²) in [7, 11) is 3.04. The molecule has 1 aliphatic heterocycles. The van der Waals surface area contributed by atoms with Crippen LogP contribution in [0.3, 0.4) is 0 Å². The zero-order chi connectivity index (χ0) is 32.1. The largest absolute Gasteiger partial charge is 0.497 e. The van der Waals surface area contributed by atoms with E-state index in [-0.39, 0.29) is 36.4 Å². The zero-order valence-electron chi connectivity index (χ0n) is 26.6. The number of hydroxylamine groups is 1. The first-order valence-electron chi connectivity index (χ1n) is 15.3. The number of nitrogens with zero attached hydrogens (tertiary/aromatic N) is 5. The lowest BCUT2D eigenvalue weighted by Gasteiger charge is -2.39. The first kappa shape index (κ1) is 31.9. The van der Waals surface area contributed by atoms with Crippen molar-refractivity contribution >= 4 is 23.6 Å². The maximum absolute atomic E-state index is 13.6. The lowest BCUT2D eigenvalue weighted by Crippen LogP contribution is -2.50. The number of aromatic nitrogens is 2. The summed E-state index contributed by atoms with van der Waals surface area (Å²) in [6, 6.07) is 14.8. The fourth-order valence-corrected chi connectivity index (χ4v) is 5.46. The normalized spacial score (nSPS) is 15.4. The minimum atomic E-state index is -0.540. The number of hydrogen-bond acceptors (Lipinski definition) is 8. The molecule has 11 nitrogen and oxygen atoms in total. The Morgan fingerprint density at radius 3 is 2.00 bits per heavy atom. The molecule has 2 heterocycles. The number of piperidine rings is 1. The maximum Gasteiger partial charge on any atom is 0.410 e. The van der Waals surface area contributed by atoms with E-state index in [9.17, 15) is 14.4 Å². The molecule has 5 rings (SSSR count). The van der Waals surface area contributed by atoms with Crippen molar-refractivity contribution in [1.29, 1.82) is 0 Å². The second-order valence-electron chi connectivity index (χ2n) is 12.4. The average Bonchev–Trinajstić information content (AvgIpc) is 3.87. The lowest BCUT2D eigenvalue weighted by atomic mass is 10.0. The Morgan fingerprint density at radius 1 is 0.867 bits per heavy atom. The molecule has 0 atom stereocenters. The molecule has 0 unspecified atom stereocenters. The van der Waals surface area contributed by atoms with Crippen LogP contribution in [0, 0.1) is 0 Å². The predicted molar refractivity (Wildman–Crippen MR) is 169 cm³/mol. The van der Waals surface area contributed by atoms with Gasteiger partial charge in [-0.15, -0.1) is 0 Å². The molecule has 1 saturated heterocycles. The summed E-state index contributed by atoms with van der Waals surface area (Å²) in [6.45, 7) is 6.68. The number of anilines is 1. The minimum Gasteiger partial charge on any atom is -0.497 e. The van der Waals surface area contributed by atoms with Crippen molar-refractivity contribution in [2.75, 3.05) is 32.4 Å². The van der Waals surface area contributed by atoms with E-state index >= 15 is 0 Å². The van der Waals surface area contributed by atoms with Gasteiger partial charge in [0.2, 0.25) is 0 Å². The van der Waals surface area contributed by atoms with Crippen LogP contribution in [0.2, 0.25) is 0 Å². The highest BCUT2D eigenvalue weighted by Crippen LogP contribution is 2.33. The zero-order valence-corrected chi connectivity index (χ0v) is 26.6. The topological polar surface area (TPSA) is 114 Å². The van der Waals surface area contributed by atoms with Crippen molar-refractivity contribution in [3.63, 3.8) is 0 Å². The van der Waals surface area contributed by atoms with Crippen LogP contribution in [0.25, 0.3) is 11.4 Å². The molecule has 1 saturated carbocycles. The van der Waals surface area contributed by atoms with Crippen molar-refractivity contribution in [3.8, 4) is 17.1 Å². The Kier molecular flexibility index (Phi) is 9.67. The summed E-state index contributed by atoms with van der Waals surface area (Å²) >= 11 is 0. The highest BCUT2D eigenvalue weighted by Gasteiger charge is 2.40. The van der Waals surface area contributed by atoms with E-state index in [1.165, 1.54) is 12.2 Å². The summed E-state index contributed by atoms with van der Waals surface area (Å²) in [5.41, 5.74) is 2.10. The first-order chi connectivity index (χ1) is 21.6. The number of methoxy groups -OCH3 is 1. The number of carbonyl (C=O) groups is 3. The Morgan fingerprint density at radius 2 is 1.47 bits per heavy atom. The number of rotatable bonds is 9. The van der Waals surface area contributed by atoms with Gasteiger partial charge in [-0.05, 0) is 76.3 Å². The molecule has 2 aliphatic rings. The Labute approximate surface area is 264 Å². The predicted octanol–water partition coefficient (Wildman–Crippen LogP) is 5.29. The summed E-state index contributed by atoms with van der Waals surface area (Å²) in [6.07, 6.45) is 6.37. The van der Waals surface area contributed by atoms with E-state index in [0.717, 1.165) is 24.0 Å². The van der Waals surface area contributed by atoms with E-state index in [0.29, 0.717) is 48.8 Å². The lowest BCUT2D eigenvalue weighted by molar-refractivity contribution is -0.124. The molecule has 45 heavy (non-hydrogen) atoms. The van der Waals surface area contributed by atoms with Crippen LogP contribution < -0.4 is 9.80 Å². The van der Waals surface area contributed by atoms with Crippen molar-refractivity contribution in [3.05, 3.63) is 72.1 Å². The molecule has 0 N–H and O–H groups in total. The minimum absolute atomic E-state index is 0.0531. The van der Waals surface area contributed by atoms with Crippen LogP contribution in [0.15, 0.2) is 60.9 Å². The van der Waals surface area contributed by atoms with E-state index in [2.05, 4.69) is 9.97 Å². The number of benzene rings is 2. The molecule has 3 aromatic rings.